The van der Waals surface area contributed by atoms with Crippen LogP contribution in [-0.4, -0.2) is 24.5 Å². The van der Waals surface area contributed by atoms with Crippen molar-refractivity contribution in [3.63, 3.8) is 0 Å². The van der Waals surface area contributed by atoms with Crippen LogP contribution in [0.25, 0.3) is 0 Å². The van der Waals surface area contributed by atoms with Crippen molar-refractivity contribution in [1.29, 1.82) is 5.26 Å². The molecule has 2 aromatic rings. The van der Waals surface area contributed by atoms with Gasteiger partial charge in [-0.05, 0) is 12.5 Å². The van der Waals surface area contributed by atoms with Crippen LogP contribution in [0, 0.1) is 18.3 Å². The average Bonchev–Trinajstić information content (AvgIpc) is 2.83. The van der Waals surface area contributed by atoms with Gasteiger partial charge in [-0.15, -0.1) is 5.10 Å². The SMILES string of the molecule is Cc1cnn(CCn2cnc(C#N)n2)c1. The van der Waals surface area contributed by atoms with Crippen LogP contribution in [0.4, 0.5) is 0 Å². The molecular weight excluding hydrogens is 192 g/mol. The van der Waals surface area contributed by atoms with Gasteiger partial charge in [-0.3, -0.25) is 4.68 Å². The van der Waals surface area contributed by atoms with Crippen molar-refractivity contribution >= 4 is 0 Å². The Morgan fingerprint density at radius 3 is 2.80 bits per heavy atom. The first kappa shape index (κ1) is 9.40. The lowest BCUT2D eigenvalue weighted by atomic mass is 10.4. The Hall–Kier alpha value is -2.16. The molecule has 0 aliphatic rings. The molecular formula is C9H10N6. The summed E-state index contributed by atoms with van der Waals surface area (Å²) in [7, 11) is 0. The lowest BCUT2D eigenvalue weighted by molar-refractivity contribution is 0.498. The van der Waals surface area contributed by atoms with E-state index in [9.17, 15) is 0 Å². The van der Waals surface area contributed by atoms with E-state index in [1.807, 2.05) is 30.1 Å². The maximum atomic E-state index is 8.53. The van der Waals surface area contributed by atoms with Crippen LogP contribution < -0.4 is 0 Å². The molecule has 0 saturated heterocycles. The van der Waals surface area contributed by atoms with E-state index >= 15 is 0 Å². The monoisotopic (exact) mass is 202 g/mol. The number of aryl methyl sites for hydroxylation is 3. The van der Waals surface area contributed by atoms with Crippen molar-refractivity contribution in [2.24, 2.45) is 0 Å². The largest absolute Gasteiger partial charge is 0.271 e. The van der Waals surface area contributed by atoms with Gasteiger partial charge >= 0.3 is 0 Å². The summed E-state index contributed by atoms with van der Waals surface area (Å²) in [6.07, 6.45) is 5.32. The molecule has 0 aromatic carbocycles. The fourth-order valence-corrected chi connectivity index (χ4v) is 1.25. The lowest BCUT2D eigenvalue weighted by Crippen LogP contribution is -2.08. The second kappa shape index (κ2) is 3.92. The van der Waals surface area contributed by atoms with Gasteiger partial charge in [0.2, 0.25) is 0 Å². The molecule has 0 aliphatic carbocycles. The Morgan fingerprint density at radius 1 is 1.40 bits per heavy atom. The predicted octanol–water partition coefficient (Wildman–Crippen LogP) is 0.355. The van der Waals surface area contributed by atoms with Crippen LogP contribution in [0.5, 0.6) is 0 Å². The van der Waals surface area contributed by atoms with E-state index in [2.05, 4.69) is 15.2 Å². The number of hydrogen-bond donors (Lipinski definition) is 0. The molecule has 0 saturated carbocycles. The third kappa shape index (κ3) is 2.20. The average molecular weight is 202 g/mol. The van der Waals surface area contributed by atoms with Crippen molar-refractivity contribution in [3.8, 4) is 6.07 Å². The Kier molecular flexibility index (Phi) is 2.46. The van der Waals surface area contributed by atoms with Crippen molar-refractivity contribution < 1.29 is 0 Å². The van der Waals surface area contributed by atoms with Crippen LogP contribution >= 0.6 is 0 Å². The van der Waals surface area contributed by atoms with Crippen LogP contribution in [0.3, 0.4) is 0 Å². The van der Waals surface area contributed by atoms with Gasteiger partial charge in [-0.25, -0.2) is 9.67 Å². The molecule has 0 amide bonds. The first-order valence-electron chi connectivity index (χ1n) is 4.56. The standard InChI is InChI=1S/C9H10N6/c1-8-5-12-14(6-8)2-3-15-7-11-9(4-10)13-15/h5-7H,2-3H2,1H3. The Balaban J connectivity index is 1.96. The summed E-state index contributed by atoms with van der Waals surface area (Å²) in [5.41, 5.74) is 1.13. The van der Waals surface area contributed by atoms with Gasteiger partial charge in [0.1, 0.15) is 12.4 Å². The summed E-state index contributed by atoms with van der Waals surface area (Å²) in [5.74, 6) is 0.201. The Morgan fingerprint density at radius 2 is 2.20 bits per heavy atom. The third-order valence-corrected chi connectivity index (χ3v) is 1.96. The van der Waals surface area contributed by atoms with Crippen LogP contribution in [0.2, 0.25) is 0 Å². The van der Waals surface area contributed by atoms with Crippen LogP contribution in [0.1, 0.15) is 11.4 Å². The summed E-state index contributed by atoms with van der Waals surface area (Å²) in [6, 6.07) is 1.88. The third-order valence-electron chi connectivity index (χ3n) is 1.96. The second-order valence-corrected chi connectivity index (χ2v) is 3.22. The zero-order chi connectivity index (χ0) is 10.7. The van der Waals surface area contributed by atoms with Gasteiger partial charge in [0, 0.05) is 6.20 Å². The molecule has 0 atom stereocenters. The maximum Gasteiger partial charge on any atom is 0.252 e. The quantitative estimate of drug-likeness (QED) is 0.720. The van der Waals surface area contributed by atoms with Gasteiger partial charge in [0.15, 0.2) is 0 Å². The van der Waals surface area contributed by atoms with E-state index in [1.54, 1.807) is 11.0 Å². The molecule has 0 unspecified atom stereocenters. The van der Waals surface area contributed by atoms with Gasteiger partial charge in [0.25, 0.3) is 5.82 Å². The van der Waals surface area contributed by atoms with Crippen LogP contribution in [-0.2, 0) is 13.1 Å². The van der Waals surface area contributed by atoms with Crippen molar-refractivity contribution in [3.05, 3.63) is 30.1 Å². The summed E-state index contributed by atoms with van der Waals surface area (Å²) in [5, 5.41) is 16.6. The van der Waals surface area contributed by atoms with Gasteiger partial charge < -0.3 is 0 Å². The summed E-state index contributed by atoms with van der Waals surface area (Å²) < 4.78 is 3.47. The highest BCUT2D eigenvalue weighted by Gasteiger charge is 1.99. The summed E-state index contributed by atoms with van der Waals surface area (Å²) >= 11 is 0. The molecule has 2 rings (SSSR count). The number of aromatic nitrogens is 5. The Bertz CT molecular complexity index is 489. The van der Waals surface area contributed by atoms with E-state index in [4.69, 9.17) is 5.26 Å². The minimum atomic E-state index is 0.201. The van der Waals surface area contributed by atoms with Crippen molar-refractivity contribution in [1.82, 2.24) is 24.5 Å². The first-order chi connectivity index (χ1) is 7.28. The van der Waals surface area contributed by atoms with E-state index < -0.39 is 0 Å². The normalized spacial score (nSPS) is 10.1. The molecule has 0 N–H and O–H groups in total. The van der Waals surface area contributed by atoms with E-state index in [1.165, 1.54) is 0 Å². The predicted molar refractivity (Wildman–Crippen MR) is 51.7 cm³/mol. The highest BCUT2D eigenvalue weighted by Crippen LogP contribution is 1.95. The number of hydrogen-bond acceptors (Lipinski definition) is 4. The number of nitrogens with zero attached hydrogens (tertiary/aromatic N) is 6. The number of rotatable bonds is 3. The molecule has 6 nitrogen and oxygen atoms in total. The van der Waals surface area contributed by atoms with Crippen molar-refractivity contribution in [2.75, 3.05) is 0 Å². The fourth-order valence-electron chi connectivity index (χ4n) is 1.25. The molecule has 2 heterocycles. The highest BCUT2D eigenvalue weighted by molar-refractivity contribution is 5.05. The van der Waals surface area contributed by atoms with E-state index in [0.29, 0.717) is 6.54 Å². The minimum absolute atomic E-state index is 0.201. The van der Waals surface area contributed by atoms with Crippen LogP contribution in [0.15, 0.2) is 18.7 Å². The zero-order valence-electron chi connectivity index (χ0n) is 8.33. The Labute approximate surface area is 86.8 Å². The van der Waals surface area contributed by atoms with Crippen molar-refractivity contribution in [2.45, 2.75) is 20.0 Å². The highest BCUT2D eigenvalue weighted by atomic mass is 15.3. The summed E-state index contributed by atoms with van der Waals surface area (Å²) in [4.78, 5) is 3.81. The fraction of sp³-hybridized carbons (Fsp3) is 0.333. The molecule has 15 heavy (non-hydrogen) atoms. The molecule has 6 heteroatoms. The molecule has 0 spiro atoms. The summed E-state index contributed by atoms with van der Waals surface area (Å²) in [6.45, 7) is 3.38. The molecule has 76 valence electrons. The lowest BCUT2D eigenvalue weighted by Gasteiger charge is -2.00. The molecule has 0 aliphatic heterocycles. The first-order valence-corrected chi connectivity index (χ1v) is 4.56. The number of nitriles is 1. The maximum absolute atomic E-state index is 8.53. The second-order valence-electron chi connectivity index (χ2n) is 3.22. The molecule has 0 radical (unpaired) electrons. The topological polar surface area (TPSA) is 72.3 Å². The minimum Gasteiger partial charge on any atom is -0.271 e. The van der Waals surface area contributed by atoms with E-state index in [-0.39, 0.29) is 5.82 Å². The molecule has 2 aromatic heterocycles. The molecule has 0 fully saturated rings. The van der Waals surface area contributed by atoms with Gasteiger partial charge in [-0.2, -0.15) is 10.4 Å². The van der Waals surface area contributed by atoms with Gasteiger partial charge in [0.05, 0.1) is 19.3 Å². The molecule has 0 bridgehead atoms. The smallest absolute Gasteiger partial charge is 0.252 e. The van der Waals surface area contributed by atoms with Gasteiger partial charge in [-0.1, -0.05) is 0 Å². The zero-order valence-corrected chi connectivity index (χ0v) is 8.33. The van der Waals surface area contributed by atoms with E-state index in [0.717, 1.165) is 12.1 Å².